The zero-order valence-corrected chi connectivity index (χ0v) is 15.0. The lowest BCUT2D eigenvalue weighted by molar-refractivity contribution is 0.509. The summed E-state index contributed by atoms with van der Waals surface area (Å²) in [4.78, 5) is 17.3. The van der Waals surface area contributed by atoms with E-state index in [1.165, 1.54) is 24.0 Å². The molecule has 1 N–H and O–H groups in total. The molecule has 1 aliphatic rings. The minimum Gasteiger partial charge on any atom is -0.340 e. The molecular formula is C20H24N4O. The Morgan fingerprint density at radius 2 is 1.92 bits per heavy atom. The highest BCUT2D eigenvalue weighted by molar-refractivity contribution is 5.79. The van der Waals surface area contributed by atoms with E-state index in [2.05, 4.69) is 36.3 Å². The highest BCUT2D eigenvalue weighted by Crippen LogP contribution is 2.32. The second-order valence-corrected chi connectivity index (χ2v) is 7.08. The lowest BCUT2D eigenvalue weighted by atomic mass is 10.1. The summed E-state index contributed by atoms with van der Waals surface area (Å²) in [6, 6.07) is 8.53. The Balaban J connectivity index is 1.80. The lowest BCUT2D eigenvalue weighted by Crippen LogP contribution is -2.24. The average Bonchev–Trinajstić information content (AvgIpc) is 3.20. The van der Waals surface area contributed by atoms with E-state index in [1.54, 1.807) is 10.8 Å². The molecule has 25 heavy (non-hydrogen) atoms. The van der Waals surface area contributed by atoms with Gasteiger partial charge in [0.15, 0.2) is 0 Å². The molecule has 5 heteroatoms. The first-order valence-electron chi connectivity index (χ1n) is 8.96. The molecule has 2 aromatic heterocycles. The summed E-state index contributed by atoms with van der Waals surface area (Å²) in [7, 11) is 1.83. The number of benzene rings is 1. The molecule has 0 spiro atoms. The molecule has 0 atom stereocenters. The first-order valence-corrected chi connectivity index (χ1v) is 8.96. The largest absolute Gasteiger partial charge is 0.340 e. The van der Waals surface area contributed by atoms with Crippen LogP contribution in [0.25, 0.3) is 11.0 Å². The number of hydrogen-bond donors (Lipinski definition) is 1. The number of rotatable bonds is 3. The molecule has 0 bridgehead atoms. The van der Waals surface area contributed by atoms with E-state index in [0.29, 0.717) is 6.04 Å². The molecule has 0 unspecified atom stereocenters. The van der Waals surface area contributed by atoms with Crippen LogP contribution >= 0.6 is 0 Å². The SMILES string of the molecule is Cc1cccc(Nc2cc3c(cn2)n(C)c(=O)n3C2CCCC2)c1C. The lowest BCUT2D eigenvalue weighted by Gasteiger charge is -2.13. The zero-order valence-electron chi connectivity index (χ0n) is 15.0. The van der Waals surface area contributed by atoms with Gasteiger partial charge >= 0.3 is 5.69 Å². The predicted octanol–water partition coefficient (Wildman–Crippen LogP) is 4.21. The van der Waals surface area contributed by atoms with Crippen LogP contribution in [0.3, 0.4) is 0 Å². The van der Waals surface area contributed by atoms with E-state index in [1.807, 2.05) is 23.7 Å². The summed E-state index contributed by atoms with van der Waals surface area (Å²) in [6.45, 7) is 4.21. The Morgan fingerprint density at radius 1 is 1.16 bits per heavy atom. The van der Waals surface area contributed by atoms with Crippen LogP contribution in [0.2, 0.25) is 0 Å². The second kappa shape index (κ2) is 6.06. The van der Waals surface area contributed by atoms with Crippen molar-refractivity contribution in [1.82, 2.24) is 14.1 Å². The standard InChI is InChI=1S/C20H24N4O/c1-13-7-6-10-16(14(13)2)22-19-11-17-18(12-21-19)23(3)20(25)24(17)15-8-4-5-9-15/h6-7,10-12,15H,4-5,8-9H2,1-3H3,(H,21,22). The average molecular weight is 336 g/mol. The summed E-state index contributed by atoms with van der Waals surface area (Å²) < 4.78 is 3.68. The number of nitrogens with one attached hydrogen (secondary N) is 1. The van der Waals surface area contributed by atoms with Crippen LogP contribution in [0.5, 0.6) is 0 Å². The van der Waals surface area contributed by atoms with Crippen LogP contribution in [0.15, 0.2) is 35.3 Å². The van der Waals surface area contributed by atoms with Crippen molar-refractivity contribution in [3.05, 3.63) is 52.1 Å². The Labute approximate surface area is 147 Å². The smallest absolute Gasteiger partial charge is 0.329 e. The molecule has 130 valence electrons. The van der Waals surface area contributed by atoms with Crippen LogP contribution in [0, 0.1) is 13.8 Å². The van der Waals surface area contributed by atoms with Crippen LogP contribution in [0.4, 0.5) is 11.5 Å². The molecule has 1 saturated carbocycles. The van der Waals surface area contributed by atoms with E-state index < -0.39 is 0 Å². The van der Waals surface area contributed by atoms with Crippen molar-refractivity contribution in [2.24, 2.45) is 7.05 Å². The van der Waals surface area contributed by atoms with Gasteiger partial charge in [0.05, 0.1) is 17.2 Å². The Kier molecular flexibility index (Phi) is 3.86. The normalized spacial score (nSPS) is 15.2. The van der Waals surface area contributed by atoms with Crippen LogP contribution in [0.1, 0.15) is 42.9 Å². The Morgan fingerprint density at radius 3 is 2.68 bits per heavy atom. The van der Waals surface area contributed by atoms with Gasteiger partial charge in [-0.25, -0.2) is 9.78 Å². The van der Waals surface area contributed by atoms with E-state index in [0.717, 1.165) is 35.4 Å². The monoisotopic (exact) mass is 336 g/mol. The topological polar surface area (TPSA) is 51.9 Å². The van der Waals surface area contributed by atoms with E-state index in [-0.39, 0.29) is 5.69 Å². The molecule has 1 fully saturated rings. The summed E-state index contributed by atoms with van der Waals surface area (Å²) in [6.07, 6.45) is 6.37. The number of aromatic nitrogens is 3. The molecule has 1 aliphatic carbocycles. The second-order valence-electron chi connectivity index (χ2n) is 7.08. The van der Waals surface area contributed by atoms with E-state index >= 15 is 0 Å². The van der Waals surface area contributed by atoms with Crippen molar-refractivity contribution in [2.45, 2.75) is 45.6 Å². The maximum atomic E-state index is 12.7. The fraction of sp³-hybridized carbons (Fsp3) is 0.400. The molecular weight excluding hydrogens is 312 g/mol. The molecule has 2 heterocycles. The molecule has 0 aliphatic heterocycles. The minimum absolute atomic E-state index is 0.0626. The number of hydrogen-bond acceptors (Lipinski definition) is 3. The van der Waals surface area contributed by atoms with Gasteiger partial charge in [0.2, 0.25) is 0 Å². The fourth-order valence-corrected chi connectivity index (χ4v) is 3.86. The maximum Gasteiger partial charge on any atom is 0.329 e. The number of anilines is 2. The van der Waals surface area contributed by atoms with Crippen molar-refractivity contribution >= 4 is 22.5 Å². The third kappa shape index (κ3) is 2.64. The van der Waals surface area contributed by atoms with Crippen molar-refractivity contribution < 1.29 is 0 Å². The zero-order chi connectivity index (χ0) is 17.6. The number of fused-ring (bicyclic) bond motifs is 1. The van der Waals surface area contributed by atoms with Crippen LogP contribution in [-0.4, -0.2) is 14.1 Å². The van der Waals surface area contributed by atoms with Crippen molar-refractivity contribution in [3.8, 4) is 0 Å². The Bertz CT molecular complexity index is 993. The van der Waals surface area contributed by atoms with Crippen LogP contribution < -0.4 is 11.0 Å². The molecule has 0 amide bonds. The van der Waals surface area contributed by atoms with Crippen LogP contribution in [-0.2, 0) is 7.05 Å². The van der Waals surface area contributed by atoms with Gasteiger partial charge in [0.25, 0.3) is 0 Å². The van der Waals surface area contributed by atoms with Crippen molar-refractivity contribution in [1.29, 1.82) is 0 Å². The molecule has 5 nitrogen and oxygen atoms in total. The van der Waals surface area contributed by atoms with Gasteiger partial charge in [-0.2, -0.15) is 0 Å². The predicted molar refractivity (Wildman–Crippen MR) is 102 cm³/mol. The van der Waals surface area contributed by atoms with Crippen molar-refractivity contribution in [2.75, 3.05) is 5.32 Å². The first-order chi connectivity index (χ1) is 12.1. The minimum atomic E-state index is 0.0626. The number of nitrogens with zero attached hydrogens (tertiary/aromatic N) is 3. The summed E-state index contributed by atoms with van der Waals surface area (Å²) >= 11 is 0. The van der Waals surface area contributed by atoms with Crippen molar-refractivity contribution in [3.63, 3.8) is 0 Å². The summed E-state index contributed by atoms with van der Waals surface area (Å²) in [5, 5.41) is 3.42. The number of pyridine rings is 1. The maximum absolute atomic E-state index is 12.7. The number of aryl methyl sites for hydroxylation is 2. The van der Waals surface area contributed by atoms with Gasteiger partial charge in [0, 0.05) is 24.8 Å². The molecule has 1 aromatic carbocycles. The quantitative estimate of drug-likeness (QED) is 0.779. The van der Waals surface area contributed by atoms with E-state index in [4.69, 9.17) is 0 Å². The van der Waals surface area contributed by atoms with E-state index in [9.17, 15) is 4.79 Å². The number of imidazole rings is 1. The van der Waals surface area contributed by atoms with Gasteiger partial charge in [-0.15, -0.1) is 0 Å². The third-order valence-electron chi connectivity index (χ3n) is 5.53. The highest BCUT2D eigenvalue weighted by Gasteiger charge is 2.23. The van der Waals surface area contributed by atoms with Gasteiger partial charge in [0.1, 0.15) is 5.82 Å². The fourth-order valence-electron chi connectivity index (χ4n) is 3.86. The molecule has 0 radical (unpaired) electrons. The third-order valence-corrected chi connectivity index (χ3v) is 5.53. The van der Waals surface area contributed by atoms with Gasteiger partial charge in [-0.1, -0.05) is 25.0 Å². The highest BCUT2D eigenvalue weighted by atomic mass is 16.1. The van der Waals surface area contributed by atoms with Gasteiger partial charge in [-0.05, 0) is 43.9 Å². The molecule has 3 aromatic rings. The summed E-state index contributed by atoms with van der Waals surface area (Å²) in [5.74, 6) is 0.776. The summed E-state index contributed by atoms with van der Waals surface area (Å²) in [5.41, 5.74) is 5.44. The first kappa shape index (κ1) is 15.9. The van der Waals surface area contributed by atoms with Gasteiger partial charge < -0.3 is 5.32 Å². The van der Waals surface area contributed by atoms with Gasteiger partial charge in [-0.3, -0.25) is 9.13 Å². The molecule has 0 saturated heterocycles. The Hall–Kier alpha value is -2.56. The molecule has 4 rings (SSSR count).